The SMILES string of the molecule is CCCN(CC(=O)N(C)C)C(CC)C(=O)OCC. The lowest BCUT2D eigenvalue weighted by molar-refractivity contribution is -0.150. The van der Waals surface area contributed by atoms with Gasteiger partial charge in [-0.05, 0) is 26.3 Å². The lowest BCUT2D eigenvalue weighted by atomic mass is 10.1. The fourth-order valence-electron chi connectivity index (χ4n) is 1.76. The summed E-state index contributed by atoms with van der Waals surface area (Å²) in [6.07, 6.45) is 1.55. The average Bonchev–Trinajstić information content (AvgIpc) is 2.30. The minimum atomic E-state index is -0.325. The Morgan fingerprint density at radius 1 is 1.17 bits per heavy atom. The van der Waals surface area contributed by atoms with Crippen LogP contribution in [0.3, 0.4) is 0 Å². The second-order valence-corrected chi connectivity index (χ2v) is 4.43. The Labute approximate surface area is 110 Å². The molecule has 0 aliphatic heterocycles. The second kappa shape index (κ2) is 8.91. The van der Waals surface area contributed by atoms with Crippen LogP contribution < -0.4 is 0 Å². The molecule has 5 nitrogen and oxygen atoms in total. The molecule has 106 valence electrons. The lowest BCUT2D eigenvalue weighted by Gasteiger charge is -2.29. The molecule has 0 N–H and O–H groups in total. The fraction of sp³-hybridized carbons (Fsp3) is 0.846. The number of nitrogens with zero attached hydrogens (tertiary/aromatic N) is 2. The van der Waals surface area contributed by atoms with Crippen molar-refractivity contribution in [2.45, 2.75) is 39.7 Å². The molecule has 0 saturated carbocycles. The smallest absolute Gasteiger partial charge is 0.323 e. The summed E-state index contributed by atoms with van der Waals surface area (Å²) < 4.78 is 5.06. The number of hydrogen-bond donors (Lipinski definition) is 0. The van der Waals surface area contributed by atoms with Gasteiger partial charge in [-0.3, -0.25) is 14.5 Å². The van der Waals surface area contributed by atoms with Crippen LogP contribution in [0.25, 0.3) is 0 Å². The Kier molecular flexibility index (Phi) is 8.37. The van der Waals surface area contributed by atoms with E-state index < -0.39 is 0 Å². The third kappa shape index (κ3) is 5.49. The van der Waals surface area contributed by atoms with E-state index in [4.69, 9.17) is 4.74 Å². The van der Waals surface area contributed by atoms with Crippen LogP contribution in [0.15, 0.2) is 0 Å². The standard InChI is InChI=1S/C13H26N2O3/c1-6-9-15(10-12(16)14(4)5)11(7-2)13(17)18-8-3/h11H,6-10H2,1-5H3. The highest BCUT2D eigenvalue weighted by atomic mass is 16.5. The predicted octanol–water partition coefficient (Wildman–Crippen LogP) is 1.13. The van der Waals surface area contributed by atoms with Crippen LogP contribution in [-0.4, -0.2) is 61.5 Å². The largest absolute Gasteiger partial charge is 0.465 e. The van der Waals surface area contributed by atoms with Crippen LogP contribution in [0.1, 0.15) is 33.6 Å². The van der Waals surface area contributed by atoms with Gasteiger partial charge in [-0.25, -0.2) is 0 Å². The summed E-state index contributed by atoms with van der Waals surface area (Å²) in [7, 11) is 3.44. The quantitative estimate of drug-likeness (QED) is 0.612. The zero-order valence-corrected chi connectivity index (χ0v) is 12.2. The lowest BCUT2D eigenvalue weighted by Crippen LogP contribution is -2.47. The molecule has 0 radical (unpaired) electrons. The number of hydrogen-bond acceptors (Lipinski definition) is 4. The molecule has 1 amide bonds. The first-order chi connectivity index (χ1) is 8.47. The van der Waals surface area contributed by atoms with Gasteiger partial charge < -0.3 is 9.64 Å². The number of rotatable bonds is 8. The normalized spacial score (nSPS) is 12.3. The minimum Gasteiger partial charge on any atom is -0.465 e. The van der Waals surface area contributed by atoms with Crippen molar-refractivity contribution in [2.75, 3.05) is 33.8 Å². The molecule has 1 atom stereocenters. The summed E-state index contributed by atoms with van der Waals surface area (Å²) in [6, 6.07) is -0.325. The average molecular weight is 258 g/mol. The van der Waals surface area contributed by atoms with Gasteiger partial charge in [0, 0.05) is 14.1 Å². The molecule has 0 fully saturated rings. The van der Waals surface area contributed by atoms with Crippen molar-refractivity contribution < 1.29 is 14.3 Å². The molecule has 1 unspecified atom stereocenters. The maximum atomic E-state index is 11.9. The first-order valence-electron chi connectivity index (χ1n) is 6.58. The zero-order valence-electron chi connectivity index (χ0n) is 12.2. The highest BCUT2D eigenvalue weighted by molar-refractivity contribution is 5.80. The van der Waals surface area contributed by atoms with E-state index in [0.29, 0.717) is 13.0 Å². The van der Waals surface area contributed by atoms with E-state index >= 15 is 0 Å². The van der Waals surface area contributed by atoms with Gasteiger partial charge in [0.15, 0.2) is 0 Å². The van der Waals surface area contributed by atoms with Gasteiger partial charge in [-0.1, -0.05) is 13.8 Å². The van der Waals surface area contributed by atoms with Gasteiger partial charge in [0.1, 0.15) is 6.04 Å². The van der Waals surface area contributed by atoms with Crippen LogP contribution in [0.5, 0.6) is 0 Å². The summed E-state index contributed by atoms with van der Waals surface area (Å²) in [5.41, 5.74) is 0. The Hall–Kier alpha value is -1.10. The number of carbonyl (C=O) groups excluding carboxylic acids is 2. The van der Waals surface area contributed by atoms with E-state index in [-0.39, 0.29) is 24.5 Å². The van der Waals surface area contributed by atoms with E-state index in [1.807, 2.05) is 18.7 Å². The van der Waals surface area contributed by atoms with Crippen molar-refractivity contribution in [2.24, 2.45) is 0 Å². The summed E-state index contributed by atoms with van der Waals surface area (Å²) in [4.78, 5) is 27.1. The maximum Gasteiger partial charge on any atom is 0.323 e. The Morgan fingerprint density at radius 3 is 2.17 bits per heavy atom. The van der Waals surface area contributed by atoms with Crippen LogP contribution in [-0.2, 0) is 14.3 Å². The first-order valence-corrected chi connectivity index (χ1v) is 6.58. The molecule has 0 bridgehead atoms. The maximum absolute atomic E-state index is 11.9. The zero-order chi connectivity index (χ0) is 14.1. The van der Waals surface area contributed by atoms with E-state index in [1.54, 1.807) is 25.9 Å². The molecule has 0 saturated heterocycles. The molecule has 0 spiro atoms. The molecule has 0 aliphatic rings. The molecule has 0 aromatic carbocycles. The topological polar surface area (TPSA) is 49.9 Å². The summed E-state index contributed by atoms with van der Waals surface area (Å²) in [6.45, 7) is 7.11. The fourth-order valence-corrected chi connectivity index (χ4v) is 1.76. The Morgan fingerprint density at radius 2 is 1.78 bits per heavy atom. The Balaban J connectivity index is 4.71. The van der Waals surface area contributed by atoms with Gasteiger partial charge >= 0.3 is 5.97 Å². The van der Waals surface area contributed by atoms with Crippen molar-refractivity contribution in [1.82, 2.24) is 9.80 Å². The van der Waals surface area contributed by atoms with Crippen LogP contribution in [0, 0.1) is 0 Å². The summed E-state index contributed by atoms with van der Waals surface area (Å²) >= 11 is 0. The summed E-state index contributed by atoms with van der Waals surface area (Å²) in [5, 5.41) is 0. The molecule has 0 aliphatic carbocycles. The van der Waals surface area contributed by atoms with Crippen LogP contribution >= 0.6 is 0 Å². The summed E-state index contributed by atoms with van der Waals surface area (Å²) in [5.74, 6) is -0.230. The molecule has 0 rings (SSSR count). The van der Waals surface area contributed by atoms with Crippen molar-refractivity contribution in [3.8, 4) is 0 Å². The van der Waals surface area contributed by atoms with Crippen LogP contribution in [0.4, 0.5) is 0 Å². The number of likely N-dealkylation sites (N-methyl/N-ethyl adjacent to an activating group) is 1. The van der Waals surface area contributed by atoms with E-state index in [2.05, 4.69) is 0 Å². The van der Waals surface area contributed by atoms with Crippen molar-refractivity contribution in [3.05, 3.63) is 0 Å². The Bertz CT molecular complexity index is 267. The molecule has 0 aromatic heterocycles. The van der Waals surface area contributed by atoms with Gasteiger partial charge in [0.25, 0.3) is 0 Å². The van der Waals surface area contributed by atoms with Gasteiger partial charge in [0.05, 0.1) is 13.2 Å². The molecule has 0 aromatic rings. The number of carbonyl (C=O) groups is 2. The van der Waals surface area contributed by atoms with Gasteiger partial charge in [-0.2, -0.15) is 0 Å². The van der Waals surface area contributed by atoms with Crippen molar-refractivity contribution >= 4 is 11.9 Å². The van der Waals surface area contributed by atoms with Crippen LogP contribution in [0.2, 0.25) is 0 Å². The molecule has 5 heteroatoms. The third-order valence-electron chi connectivity index (χ3n) is 2.73. The number of esters is 1. The predicted molar refractivity (Wildman–Crippen MR) is 71.3 cm³/mol. The molecule has 0 heterocycles. The van der Waals surface area contributed by atoms with Gasteiger partial charge in [-0.15, -0.1) is 0 Å². The van der Waals surface area contributed by atoms with E-state index in [9.17, 15) is 9.59 Å². The highest BCUT2D eigenvalue weighted by Gasteiger charge is 2.26. The van der Waals surface area contributed by atoms with Gasteiger partial charge in [0.2, 0.25) is 5.91 Å². The third-order valence-corrected chi connectivity index (χ3v) is 2.73. The first kappa shape index (κ1) is 16.9. The minimum absolute atomic E-state index is 0.00574. The van der Waals surface area contributed by atoms with Crippen molar-refractivity contribution in [1.29, 1.82) is 0 Å². The number of ether oxygens (including phenoxy) is 1. The van der Waals surface area contributed by atoms with E-state index in [0.717, 1.165) is 13.0 Å². The molecular formula is C13H26N2O3. The van der Waals surface area contributed by atoms with E-state index in [1.165, 1.54) is 0 Å². The number of amides is 1. The molecule has 18 heavy (non-hydrogen) atoms. The highest BCUT2D eigenvalue weighted by Crippen LogP contribution is 2.08. The second-order valence-electron chi connectivity index (χ2n) is 4.43. The monoisotopic (exact) mass is 258 g/mol. The van der Waals surface area contributed by atoms with Crippen molar-refractivity contribution in [3.63, 3.8) is 0 Å². The molecular weight excluding hydrogens is 232 g/mol.